The van der Waals surface area contributed by atoms with E-state index in [4.69, 9.17) is 0 Å². The van der Waals surface area contributed by atoms with Crippen molar-refractivity contribution in [3.05, 3.63) is 11.6 Å². The van der Waals surface area contributed by atoms with E-state index in [1.807, 2.05) is 0 Å². The molecule has 0 radical (unpaired) electrons. The van der Waals surface area contributed by atoms with Crippen molar-refractivity contribution in [1.29, 1.82) is 0 Å². The molecule has 3 saturated carbocycles. The Kier molecular flexibility index (Phi) is 2.89. The Balaban J connectivity index is 1.72. The monoisotopic (exact) mass is 276 g/mol. The molecule has 0 aromatic heterocycles. The minimum absolute atomic E-state index is 0.199. The van der Waals surface area contributed by atoms with E-state index < -0.39 is 6.17 Å². The molecule has 0 bridgehead atoms. The number of fused-ring (bicyclic) bond motifs is 5. The first-order chi connectivity index (χ1) is 9.55. The van der Waals surface area contributed by atoms with Gasteiger partial charge in [-0.1, -0.05) is 26.3 Å². The van der Waals surface area contributed by atoms with Crippen LogP contribution in [0.25, 0.3) is 0 Å². The summed E-state index contributed by atoms with van der Waals surface area (Å²) >= 11 is 0. The van der Waals surface area contributed by atoms with Gasteiger partial charge in [-0.2, -0.15) is 0 Å². The van der Waals surface area contributed by atoms with Crippen LogP contribution in [0.3, 0.4) is 0 Å². The summed E-state index contributed by atoms with van der Waals surface area (Å²) in [6.45, 7) is 4.90. The lowest BCUT2D eigenvalue weighted by atomic mass is 9.47. The summed E-state index contributed by atoms with van der Waals surface area (Å²) in [4.78, 5) is 0. The van der Waals surface area contributed by atoms with Crippen LogP contribution in [-0.4, -0.2) is 6.17 Å². The van der Waals surface area contributed by atoms with Crippen LogP contribution in [-0.2, 0) is 0 Å². The third-order valence-corrected chi connectivity index (χ3v) is 7.78. The second kappa shape index (κ2) is 4.34. The Hall–Kier alpha value is -0.330. The maximum atomic E-state index is 14.8. The van der Waals surface area contributed by atoms with Gasteiger partial charge in [-0.05, 0) is 85.5 Å². The van der Waals surface area contributed by atoms with Gasteiger partial charge in [0, 0.05) is 0 Å². The van der Waals surface area contributed by atoms with Crippen molar-refractivity contribution in [3.63, 3.8) is 0 Å². The van der Waals surface area contributed by atoms with Gasteiger partial charge in [0.25, 0.3) is 0 Å². The van der Waals surface area contributed by atoms with Crippen LogP contribution >= 0.6 is 0 Å². The molecule has 3 fully saturated rings. The summed E-state index contributed by atoms with van der Waals surface area (Å²) in [5.74, 6) is 2.27. The smallest absolute Gasteiger partial charge is 0.122 e. The lowest BCUT2D eigenvalue weighted by molar-refractivity contribution is -0.0540. The van der Waals surface area contributed by atoms with E-state index in [-0.39, 0.29) is 5.41 Å². The molecule has 0 saturated heterocycles. The Bertz CT molecular complexity index is 439. The molecule has 0 N–H and O–H groups in total. The first-order valence-electron chi connectivity index (χ1n) is 8.89. The van der Waals surface area contributed by atoms with Crippen molar-refractivity contribution in [2.24, 2.45) is 28.6 Å². The van der Waals surface area contributed by atoms with Crippen LogP contribution in [0.2, 0.25) is 0 Å². The van der Waals surface area contributed by atoms with Crippen LogP contribution in [0.5, 0.6) is 0 Å². The highest BCUT2D eigenvalue weighted by Crippen LogP contribution is 2.65. The standard InChI is InChI=1S/C19H29F/c1-18-9-5-7-14(18)13-12-17(20)16-6-3-4-10-19(16,2)15(13)8-11-18/h6,13-15,17H,3-5,7-12H2,1-2H3/t13-,14-,15-,17-,18-,19+/m0/s1. The van der Waals surface area contributed by atoms with Gasteiger partial charge in [0.15, 0.2) is 0 Å². The average molecular weight is 276 g/mol. The fourth-order valence-corrected chi connectivity index (χ4v) is 6.76. The predicted octanol–water partition coefficient (Wildman–Crippen LogP) is 5.68. The molecule has 0 nitrogen and oxygen atoms in total. The van der Waals surface area contributed by atoms with Crippen molar-refractivity contribution in [3.8, 4) is 0 Å². The zero-order valence-electron chi connectivity index (χ0n) is 13.1. The molecule has 4 rings (SSSR count). The first kappa shape index (κ1) is 13.3. The van der Waals surface area contributed by atoms with Crippen LogP contribution < -0.4 is 0 Å². The number of hydrogen-bond acceptors (Lipinski definition) is 0. The average Bonchev–Trinajstić information content (AvgIpc) is 2.81. The Labute approximate surface area is 123 Å². The van der Waals surface area contributed by atoms with Gasteiger partial charge in [0.1, 0.15) is 6.17 Å². The summed E-state index contributed by atoms with van der Waals surface area (Å²) in [6.07, 6.45) is 13.0. The van der Waals surface area contributed by atoms with Crippen molar-refractivity contribution in [2.75, 3.05) is 0 Å². The summed E-state index contributed by atoms with van der Waals surface area (Å²) in [7, 11) is 0. The van der Waals surface area contributed by atoms with E-state index in [9.17, 15) is 4.39 Å². The van der Waals surface area contributed by atoms with E-state index in [0.717, 1.165) is 24.7 Å². The SMILES string of the molecule is C[C@@]12CCC[C@H]1[C@@H]1C[C@H](F)C3=CCCC[C@]3(C)[C@H]1CC2. The largest absolute Gasteiger partial charge is 0.243 e. The van der Waals surface area contributed by atoms with Crippen LogP contribution in [0.1, 0.15) is 71.6 Å². The minimum atomic E-state index is -0.635. The minimum Gasteiger partial charge on any atom is -0.243 e. The Morgan fingerprint density at radius 2 is 1.90 bits per heavy atom. The van der Waals surface area contributed by atoms with Crippen molar-refractivity contribution in [2.45, 2.75) is 77.8 Å². The molecule has 0 heterocycles. The number of alkyl halides is 1. The highest BCUT2D eigenvalue weighted by atomic mass is 19.1. The number of halogens is 1. The second-order valence-corrected chi connectivity index (χ2v) is 8.63. The van der Waals surface area contributed by atoms with E-state index in [2.05, 4.69) is 19.9 Å². The number of rotatable bonds is 0. The third kappa shape index (κ3) is 1.64. The van der Waals surface area contributed by atoms with Gasteiger partial charge in [-0.25, -0.2) is 4.39 Å². The lowest BCUT2D eigenvalue weighted by Crippen LogP contribution is -2.51. The number of hydrogen-bond donors (Lipinski definition) is 0. The van der Waals surface area contributed by atoms with E-state index >= 15 is 0 Å². The van der Waals surface area contributed by atoms with Crippen molar-refractivity contribution in [1.82, 2.24) is 0 Å². The molecule has 0 unspecified atom stereocenters. The van der Waals surface area contributed by atoms with Gasteiger partial charge in [0.2, 0.25) is 0 Å². The Morgan fingerprint density at radius 3 is 2.75 bits per heavy atom. The van der Waals surface area contributed by atoms with Gasteiger partial charge >= 0.3 is 0 Å². The molecule has 0 amide bonds. The molecule has 0 aromatic rings. The highest BCUT2D eigenvalue weighted by Gasteiger charge is 2.57. The molecule has 0 aromatic carbocycles. The van der Waals surface area contributed by atoms with Crippen molar-refractivity contribution < 1.29 is 4.39 Å². The predicted molar refractivity (Wildman–Crippen MR) is 81.2 cm³/mol. The molecule has 6 atom stereocenters. The van der Waals surface area contributed by atoms with E-state index in [1.54, 1.807) is 0 Å². The third-order valence-electron chi connectivity index (χ3n) is 7.78. The molecule has 0 aliphatic heterocycles. The van der Waals surface area contributed by atoms with Crippen LogP contribution in [0.4, 0.5) is 4.39 Å². The fraction of sp³-hybridized carbons (Fsp3) is 0.895. The second-order valence-electron chi connectivity index (χ2n) is 8.63. The van der Waals surface area contributed by atoms with Crippen LogP contribution in [0, 0.1) is 28.6 Å². The molecule has 20 heavy (non-hydrogen) atoms. The fourth-order valence-electron chi connectivity index (χ4n) is 6.76. The van der Waals surface area contributed by atoms with Gasteiger partial charge < -0.3 is 0 Å². The maximum absolute atomic E-state index is 14.8. The summed E-state index contributed by atoms with van der Waals surface area (Å²) in [6, 6.07) is 0. The molecule has 4 aliphatic carbocycles. The van der Waals surface area contributed by atoms with Gasteiger partial charge in [0.05, 0.1) is 0 Å². The summed E-state index contributed by atoms with van der Waals surface area (Å²) in [5.41, 5.74) is 1.95. The quantitative estimate of drug-likeness (QED) is 0.499. The molecular weight excluding hydrogens is 247 g/mol. The van der Waals surface area contributed by atoms with E-state index in [1.165, 1.54) is 50.5 Å². The summed E-state index contributed by atoms with van der Waals surface area (Å²) < 4.78 is 14.8. The first-order valence-corrected chi connectivity index (χ1v) is 8.89. The van der Waals surface area contributed by atoms with Crippen molar-refractivity contribution >= 4 is 0 Å². The maximum Gasteiger partial charge on any atom is 0.122 e. The van der Waals surface area contributed by atoms with Gasteiger partial charge in [-0.15, -0.1) is 0 Å². The number of allylic oxidation sites excluding steroid dienone is 2. The topological polar surface area (TPSA) is 0 Å². The molecule has 4 aliphatic rings. The normalized spacial score (nSPS) is 54.6. The molecule has 0 spiro atoms. The Morgan fingerprint density at radius 1 is 1.05 bits per heavy atom. The molecule has 112 valence electrons. The zero-order valence-corrected chi connectivity index (χ0v) is 13.1. The van der Waals surface area contributed by atoms with Crippen LogP contribution in [0.15, 0.2) is 11.6 Å². The molecular formula is C19H29F. The highest BCUT2D eigenvalue weighted by molar-refractivity contribution is 5.27. The zero-order chi connectivity index (χ0) is 14.0. The van der Waals surface area contributed by atoms with E-state index in [0.29, 0.717) is 11.3 Å². The molecule has 1 heteroatoms. The summed E-state index contributed by atoms with van der Waals surface area (Å²) in [5, 5.41) is 0. The lowest BCUT2D eigenvalue weighted by Gasteiger charge is -2.58. The van der Waals surface area contributed by atoms with Gasteiger partial charge in [-0.3, -0.25) is 0 Å².